The van der Waals surface area contributed by atoms with Crippen LogP contribution in [0.25, 0.3) is 0 Å². The first kappa shape index (κ1) is 16.5. The van der Waals surface area contributed by atoms with Crippen LogP contribution in [0.5, 0.6) is 0 Å². The average Bonchev–Trinajstić information content (AvgIpc) is 2.45. The third kappa shape index (κ3) is 4.55. The van der Waals surface area contributed by atoms with Gasteiger partial charge in [0.15, 0.2) is 9.84 Å². The van der Waals surface area contributed by atoms with Crippen LogP contribution in [0.1, 0.15) is 45.1 Å². The van der Waals surface area contributed by atoms with Crippen LogP contribution < -0.4 is 5.32 Å². The van der Waals surface area contributed by atoms with Gasteiger partial charge in [-0.2, -0.15) is 0 Å². The quantitative estimate of drug-likeness (QED) is 0.907. The molecule has 0 radical (unpaired) electrons. The van der Waals surface area contributed by atoms with Crippen LogP contribution in [0.4, 0.5) is 0 Å². The van der Waals surface area contributed by atoms with E-state index in [0.717, 1.165) is 23.9 Å². The van der Waals surface area contributed by atoms with Gasteiger partial charge in [0.25, 0.3) is 0 Å². The molecule has 1 aromatic rings. The summed E-state index contributed by atoms with van der Waals surface area (Å²) in [5, 5.41) is 3.68. The van der Waals surface area contributed by atoms with E-state index in [9.17, 15) is 8.42 Å². The lowest BCUT2D eigenvalue weighted by Crippen LogP contribution is -2.40. The maximum absolute atomic E-state index is 11.5. The molecule has 0 amide bonds. The van der Waals surface area contributed by atoms with Crippen LogP contribution in [0, 0.1) is 11.8 Å². The first-order chi connectivity index (χ1) is 9.88. The first-order valence-corrected chi connectivity index (χ1v) is 9.79. The molecule has 2 unspecified atom stereocenters. The third-order valence-corrected chi connectivity index (χ3v) is 5.72. The minimum Gasteiger partial charge on any atom is -0.310 e. The Labute approximate surface area is 129 Å². The third-order valence-electron chi connectivity index (χ3n) is 4.60. The van der Waals surface area contributed by atoms with E-state index < -0.39 is 9.84 Å². The van der Waals surface area contributed by atoms with Gasteiger partial charge in [-0.05, 0) is 42.4 Å². The van der Waals surface area contributed by atoms with Crippen molar-refractivity contribution in [2.75, 3.05) is 6.26 Å². The summed E-state index contributed by atoms with van der Waals surface area (Å²) in [6, 6.07) is 7.82. The fourth-order valence-corrected chi connectivity index (χ4v) is 3.94. The highest BCUT2D eigenvalue weighted by Gasteiger charge is 2.26. The maximum atomic E-state index is 11.5. The van der Waals surface area contributed by atoms with Crippen molar-refractivity contribution in [1.29, 1.82) is 0 Å². The van der Waals surface area contributed by atoms with E-state index >= 15 is 0 Å². The SMILES string of the molecule is CC(C)C1CCCCC1NCc1ccc(S(C)(=O)=O)cc1. The molecule has 2 rings (SSSR count). The van der Waals surface area contributed by atoms with Gasteiger partial charge in [0.2, 0.25) is 0 Å². The van der Waals surface area contributed by atoms with Crippen LogP contribution in [0.15, 0.2) is 29.2 Å². The van der Waals surface area contributed by atoms with Crippen LogP contribution >= 0.6 is 0 Å². The Morgan fingerprint density at radius 1 is 1.14 bits per heavy atom. The fraction of sp³-hybridized carbons (Fsp3) is 0.647. The topological polar surface area (TPSA) is 46.2 Å². The maximum Gasteiger partial charge on any atom is 0.175 e. The molecular formula is C17H27NO2S. The van der Waals surface area contributed by atoms with Crippen LogP contribution in [0.2, 0.25) is 0 Å². The second-order valence-corrected chi connectivity index (χ2v) is 8.61. The predicted molar refractivity (Wildman–Crippen MR) is 87.0 cm³/mol. The molecule has 1 aliphatic rings. The number of hydrogen-bond donors (Lipinski definition) is 1. The Hall–Kier alpha value is -0.870. The number of sulfone groups is 1. The zero-order valence-electron chi connectivity index (χ0n) is 13.3. The largest absolute Gasteiger partial charge is 0.310 e. The summed E-state index contributed by atoms with van der Waals surface area (Å²) in [5.74, 6) is 1.48. The minimum absolute atomic E-state index is 0.393. The van der Waals surface area contributed by atoms with E-state index in [-0.39, 0.29) is 0 Å². The Balaban J connectivity index is 1.96. The summed E-state index contributed by atoms with van der Waals surface area (Å²) in [6.07, 6.45) is 6.49. The molecule has 1 N–H and O–H groups in total. The molecule has 0 saturated heterocycles. The Morgan fingerprint density at radius 3 is 2.33 bits per heavy atom. The molecule has 0 spiro atoms. The highest BCUT2D eigenvalue weighted by atomic mass is 32.2. The predicted octanol–water partition coefficient (Wildman–Crippen LogP) is 3.39. The van der Waals surface area contributed by atoms with Gasteiger partial charge in [-0.15, -0.1) is 0 Å². The van der Waals surface area contributed by atoms with Crippen molar-refractivity contribution >= 4 is 9.84 Å². The second kappa shape index (κ2) is 6.93. The van der Waals surface area contributed by atoms with Crippen molar-refractivity contribution in [2.45, 2.75) is 57.0 Å². The average molecular weight is 309 g/mol. The molecule has 21 heavy (non-hydrogen) atoms. The minimum atomic E-state index is -3.10. The number of nitrogens with one attached hydrogen (secondary N) is 1. The summed E-state index contributed by atoms with van der Waals surface area (Å²) in [6.45, 7) is 5.44. The molecule has 0 heterocycles. The molecule has 1 aromatic carbocycles. The Kier molecular flexibility index (Phi) is 5.44. The van der Waals surface area contributed by atoms with Crippen LogP contribution in [0.3, 0.4) is 0 Å². The Bertz CT molecular complexity index is 549. The van der Waals surface area contributed by atoms with Gasteiger partial charge in [0.1, 0.15) is 0 Å². The normalized spacial score (nSPS) is 23.4. The van der Waals surface area contributed by atoms with Gasteiger partial charge in [-0.3, -0.25) is 0 Å². The molecule has 118 valence electrons. The zero-order valence-corrected chi connectivity index (χ0v) is 14.1. The lowest BCUT2D eigenvalue weighted by molar-refractivity contribution is 0.204. The first-order valence-electron chi connectivity index (χ1n) is 7.90. The number of benzene rings is 1. The van der Waals surface area contributed by atoms with Crippen molar-refractivity contribution < 1.29 is 8.42 Å². The van der Waals surface area contributed by atoms with Gasteiger partial charge in [-0.25, -0.2) is 8.42 Å². The van der Waals surface area contributed by atoms with Gasteiger partial charge in [-0.1, -0.05) is 38.8 Å². The lowest BCUT2D eigenvalue weighted by Gasteiger charge is -2.35. The standard InChI is InChI=1S/C17H27NO2S/c1-13(2)16-6-4-5-7-17(16)18-12-14-8-10-15(11-9-14)21(3,19)20/h8-11,13,16-18H,4-7,12H2,1-3H3. The molecule has 0 bridgehead atoms. The summed E-state index contributed by atoms with van der Waals surface area (Å²) < 4.78 is 22.9. The molecule has 1 aliphatic carbocycles. The summed E-state index contributed by atoms with van der Waals surface area (Å²) >= 11 is 0. The van der Waals surface area contributed by atoms with Crippen molar-refractivity contribution in [3.05, 3.63) is 29.8 Å². The molecule has 0 aromatic heterocycles. The van der Waals surface area contributed by atoms with Crippen molar-refractivity contribution in [2.24, 2.45) is 11.8 Å². The van der Waals surface area contributed by atoms with E-state index in [2.05, 4.69) is 19.2 Å². The highest BCUT2D eigenvalue weighted by molar-refractivity contribution is 7.90. The summed E-state index contributed by atoms with van der Waals surface area (Å²) in [5.41, 5.74) is 1.15. The number of rotatable bonds is 5. The van der Waals surface area contributed by atoms with Gasteiger partial charge in [0, 0.05) is 18.8 Å². The molecule has 1 fully saturated rings. The van der Waals surface area contributed by atoms with Crippen molar-refractivity contribution in [3.8, 4) is 0 Å². The molecule has 0 aliphatic heterocycles. The van der Waals surface area contributed by atoms with E-state index in [0.29, 0.717) is 10.9 Å². The lowest BCUT2D eigenvalue weighted by atomic mass is 9.78. The van der Waals surface area contributed by atoms with E-state index in [1.807, 2.05) is 12.1 Å². The second-order valence-electron chi connectivity index (χ2n) is 6.60. The van der Waals surface area contributed by atoms with Crippen molar-refractivity contribution in [3.63, 3.8) is 0 Å². The summed E-state index contributed by atoms with van der Waals surface area (Å²) in [7, 11) is -3.10. The van der Waals surface area contributed by atoms with Crippen LogP contribution in [-0.4, -0.2) is 20.7 Å². The van der Waals surface area contributed by atoms with E-state index in [1.165, 1.54) is 31.9 Å². The number of hydrogen-bond acceptors (Lipinski definition) is 3. The molecule has 1 saturated carbocycles. The van der Waals surface area contributed by atoms with Gasteiger partial charge >= 0.3 is 0 Å². The highest BCUT2D eigenvalue weighted by Crippen LogP contribution is 2.30. The molecular weight excluding hydrogens is 282 g/mol. The van der Waals surface area contributed by atoms with Crippen LogP contribution in [-0.2, 0) is 16.4 Å². The van der Waals surface area contributed by atoms with Crippen molar-refractivity contribution in [1.82, 2.24) is 5.32 Å². The monoisotopic (exact) mass is 309 g/mol. The Morgan fingerprint density at radius 2 is 1.76 bits per heavy atom. The van der Waals surface area contributed by atoms with E-state index in [4.69, 9.17) is 0 Å². The smallest absolute Gasteiger partial charge is 0.175 e. The molecule has 4 heteroatoms. The van der Waals surface area contributed by atoms with Gasteiger partial charge < -0.3 is 5.32 Å². The zero-order chi connectivity index (χ0) is 15.5. The van der Waals surface area contributed by atoms with E-state index in [1.54, 1.807) is 12.1 Å². The van der Waals surface area contributed by atoms with Gasteiger partial charge in [0.05, 0.1) is 4.90 Å². The molecule has 3 nitrogen and oxygen atoms in total. The molecule has 2 atom stereocenters. The fourth-order valence-electron chi connectivity index (χ4n) is 3.31. The summed E-state index contributed by atoms with van der Waals surface area (Å²) in [4.78, 5) is 0.393.